The van der Waals surface area contributed by atoms with E-state index in [9.17, 15) is 9.59 Å². The third-order valence-corrected chi connectivity index (χ3v) is 1.56. The highest BCUT2D eigenvalue weighted by molar-refractivity contribution is 5.93. The van der Waals surface area contributed by atoms with Crippen LogP contribution in [-0.2, 0) is 9.59 Å². The number of benzene rings is 1. The highest BCUT2D eigenvalue weighted by Gasteiger charge is 2.04. The number of amides is 1. The van der Waals surface area contributed by atoms with E-state index in [1.165, 1.54) is 6.08 Å². The van der Waals surface area contributed by atoms with Gasteiger partial charge in [0.1, 0.15) is 5.70 Å². The van der Waals surface area contributed by atoms with E-state index in [0.29, 0.717) is 6.41 Å². The molecule has 0 saturated heterocycles. The Hall–Kier alpha value is -2.10. The molecule has 72 valence electrons. The minimum atomic E-state index is -1.17. The van der Waals surface area contributed by atoms with Gasteiger partial charge in [0.25, 0.3) is 0 Å². The lowest BCUT2D eigenvalue weighted by molar-refractivity contribution is -0.133. The zero-order chi connectivity index (χ0) is 10.4. The molecular formula is C10H9NO3. The van der Waals surface area contributed by atoms with Crippen LogP contribution in [-0.4, -0.2) is 17.5 Å². The first kappa shape index (κ1) is 9.98. The van der Waals surface area contributed by atoms with Gasteiger partial charge in [0, 0.05) is 0 Å². The van der Waals surface area contributed by atoms with Crippen LogP contribution in [0.15, 0.2) is 36.0 Å². The second kappa shape index (κ2) is 4.81. The van der Waals surface area contributed by atoms with E-state index in [0.717, 1.165) is 5.56 Å². The minimum Gasteiger partial charge on any atom is -0.477 e. The van der Waals surface area contributed by atoms with E-state index in [1.54, 1.807) is 24.3 Å². The average molecular weight is 191 g/mol. The minimum absolute atomic E-state index is 0.147. The van der Waals surface area contributed by atoms with Gasteiger partial charge < -0.3 is 10.4 Å². The Bertz CT molecular complexity index is 357. The number of hydrogen-bond acceptors (Lipinski definition) is 2. The third-order valence-electron chi connectivity index (χ3n) is 1.56. The van der Waals surface area contributed by atoms with Gasteiger partial charge in [0.05, 0.1) is 0 Å². The second-order valence-corrected chi connectivity index (χ2v) is 2.54. The summed E-state index contributed by atoms with van der Waals surface area (Å²) in [6, 6.07) is 8.88. The molecule has 0 aliphatic rings. The van der Waals surface area contributed by atoms with Gasteiger partial charge in [-0.2, -0.15) is 0 Å². The van der Waals surface area contributed by atoms with Crippen molar-refractivity contribution in [1.29, 1.82) is 0 Å². The lowest BCUT2D eigenvalue weighted by Gasteiger charge is -1.99. The maximum atomic E-state index is 10.6. The molecule has 0 heterocycles. The standard InChI is InChI=1S/C10H9NO3/c12-7-11-9(10(13)14)6-8-4-2-1-3-5-8/h1-7H,(H,11,12)(H,13,14)/b9-6-. The van der Waals surface area contributed by atoms with Crippen molar-refractivity contribution in [3.8, 4) is 0 Å². The maximum Gasteiger partial charge on any atom is 0.352 e. The number of rotatable bonds is 4. The van der Waals surface area contributed by atoms with Gasteiger partial charge in [-0.1, -0.05) is 30.3 Å². The maximum absolute atomic E-state index is 10.6. The van der Waals surface area contributed by atoms with E-state index in [1.807, 2.05) is 6.07 Å². The van der Waals surface area contributed by atoms with Gasteiger partial charge in [-0.25, -0.2) is 4.79 Å². The third kappa shape index (κ3) is 2.75. The van der Waals surface area contributed by atoms with Gasteiger partial charge in [0.2, 0.25) is 6.41 Å². The Morgan fingerprint density at radius 3 is 2.43 bits per heavy atom. The van der Waals surface area contributed by atoms with Crippen molar-refractivity contribution in [2.45, 2.75) is 0 Å². The van der Waals surface area contributed by atoms with E-state index < -0.39 is 5.97 Å². The summed E-state index contributed by atoms with van der Waals surface area (Å²) in [7, 11) is 0. The molecule has 0 fully saturated rings. The zero-order valence-corrected chi connectivity index (χ0v) is 7.31. The second-order valence-electron chi connectivity index (χ2n) is 2.54. The fourth-order valence-corrected chi connectivity index (χ4v) is 0.945. The van der Waals surface area contributed by atoms with Crippen LogP contribution >= 0.6 is 0 Å². The molecule has 0 spiro atoms. The molecule has 4 heteroatoms. The first-order valence-electron chi connectivity index (χ1n) is 3.94. The van der Waals surface area contributed by atoms with Crippen molar-refractivity contribution in [3.63, 3.8) is 0 Å². The molecule has 4 nitrogen and oxygen atoms in total. The van der Waals surface area contributed by atoms with Crippen molar-refractivity contribution in [3.05, 3.63) is 41.6 Å². The van der Waals surface area contributed by atoms with Gasteiger partial charge >= 0.3 is 5.97 Å². The highest BCUT2D eigenvalue weighted by Crippen LogP contribution is 2.04. The van der Waals surface area contributed by atoms with Crippen LogP contribution in [0.1, 0.15) is 5.56 Å². The Morgan fingerprint density at radius 1 is 1.29 bits per heavy atom. The van der Waals surface area contributed by atoms with Crippen LogP contribution in [0.25, 0.3) is 6.08 Å². The summed E-state index contributed by atoms with van der Waals surface area (Å²) in [4.78, 5) is 20.7. The van der Waals surface area contributed by atoms with Crippen LogP contribution in [0.4, 0.5) is 0 Å². The summed E-state index contributed by atoms with van der Waals surface area (Å²) < 4.78 is 0. The monoisotopic (exact) mass is 191 g/mol. The van der Waals surface area contributed by atoms with Crippen LogP contribution in [0.5, 0.6) is 0 Å². The predicted octanol–water partition coefficient (Wildman–Crippen LogP) is 0.858. The van der Waals surface area contributed by atoms with E-state index in [2.05, 4.69) is 5.32 Å². The highest BCUT2D eigenvalue weighted by atomic mass is 16.4. The van der Waals surface area contributed by atoms with Crippen LogP contribution in [0.3, 0.4) is 0 Å². The fourth-order valence-electron chi connectivity index (χ4n) is 0.945. The Morgan fingerprint density at radius 2 is 1.93 bits per heavy atom. The van der Waals surface area contributed by atoms with Gasteiger partial charge in [-0.05, 0) is 11.6 Å². The number of hydrogen-bond donors (Lipinski definition) is 2. The summed E-state index contributed by atoms with van der Waals surface area (Å²) in [5.41, 5.74) is 0.574. The summed E-state index contributed by atoms with van der Waals surface area (Å²) in [5, 5.41) is 10.8. The zero-order valence-electron chi connectivity index (χ0n) is 7.31. The van der Waals surface area contributed by atoms with E-state index >= 15 is 0 Å². The summed E-state index contributed by atoms with van der Waals surface area (Å²) in [6.45, 7) is 0. The van der Waals surface area contributed by atoms with E-state index in [4.69, 9.17) is 5.11 Å². The molecule has 0 atom stereocenters. The molecule has 0 bridgehead atoms. The Balaban J connectivity index is 2.93. The molecule has 2 N–H and O–H groups in total. The number of carboxylic acid groups (broad SMARTS) is 1. The van der Waals surface area contributed by atoms with Crippen molar-refractivity contribution in [2.75, 3.05) is 0 Å². The molecule has 14 heavy (non-hydrogen) atoms. The fraction of sp³-hybridized carbons (Fsp3) is 0. The number of nitrogens with one attached hydrogen (secondary N) is 1. The van der Waals surface area contributed by atoms with Crippen molar-refractivity contribution in [2.24, 2.45) is 0 Å². The quantitative estimate of drug-likeness (QED) is 0.548. The molecule has 0 aliphatic carbocycles. The molecule has 1 aromatic rings. The first-order valence-corrected chi connectivity index (χ1v) is 3.94. The Labute approximate surface area is 80.9 Å². The lowest BCUT2D eigenvalue weighted by atomic mass is 10.2. The lowest BCUT2D eigenvalue weighted by Crippen LogP contribution is -2.17. The van der Waals surface area contributed by atoms with Crippen molar-refractivity contribution in [1.82, 2.24) is 5.32 Å². The molecular weight excluding hydrogens is 182 g/mol. The summed E-state index contributed by atoms with van der Waals surface area (Å²) in [5.74, 6) is -1.17. The smallest absolute Gasteiger partial charge is 0.352 e. The van der Waals surface area contributed by atoms with Crippen LogP contribution in [0.2, 0.25) is 0 Å². The van der Waals surface area contributed by atoms with Crippen molar-refractivity contribution >= 4 is 18.5 Å². The number of aliphatic carboxylic acids is 1. The van der Waals surface area contributed by atoms with Crippen LogP contribution in [0, 0.1) is 0 Å². The van der Waals surface area contributed by atoms with Crippen LogP contribution < -0.4 is 5.32 Å². The number of carboxylic acids is 1. The molecule has 1 rings (SSSR count). The molecule has 0 unspecified atom stereocenters. The van der Waals surface area contributed by atoms with Gasteiger partial charge in [0.15, 0.2) is 0 Å². The number of carbonyl (C=O) groups is 2. The summed E-state index contributed by atoms with van der Waals surface area (Å²) in [6.07, 6.45) is 1.72. The molecule has 0 aromatic heterocycles. The average Bonchev–Trinajstić information content (AvgIpc) is 2.18. The largest absolute Gasteiger partial charge is 0.477 e. The topological polar surface area (TPSA) is 66.4 Å². The van der Waals surface area contributed by atoms with Crippen molar-refractivity contribution < 1.29 is 14.7 Å². The molecule has 0 aliphatic heterocycles. The summed E-state index contributed by atoms with van der Waals surface area (Å²) >= 11 is 0. The normalized spacial score (nSPS) is 10.7. The van der Waals surface area contributed by atoms with Gasteiger partial charge in [-0.3, -0.25) is 4.79 Å². The number of carbonyl (C=O) groups excluding carboxylic acids is 1. The molecule has 1 amide bonds. The molecule has 0 radical (unpaired) electrons. The van der Waals surface area contributed by atoms with E-state index in [-0.39, 0.29) is 5.70 Å². The first-order chi connectivity index (χ1) is 6.74. The SMILES string of the molecule is O=CN/C(=C\c1ccccc1)C(=O)O. The van der Waals surface area contributed by atoms with Gasteiger partial charge in [-0.15, -0.1) is 0 Å². The Kier molecular flexibility index (Phi) is 3.43. The predicted molar refractivity (Wildman–Crippen MR) is 51.3 cm³/mol. The molecule has 0 saturated carbocycles. The molecule has 1 aromatic carbocycles.